The van der Waals surface area contributed by atoms with Crippen LogP contribution in [0.5, 0.6) is 23.3 Å². The number of hydrogen-bond donors (Lipinski definition) is 1. The second kappa shape index (κ2) is 9.66. The number of benzene rings is 1. The number of methoxy groups -OCH3 is 1. The number of rotatable bonds is 7. The van der Waals surface area contributed by atoms with Crippen LogP contribution in [-0.4, -0.2) is 38.9 Å². The molecule has 0 fully saturated rings. The van der Waals surface area contributed by atoms with Crippen LogP contribution in [0.25, 0.3) is 5.69 Å². The number of aliphatic carboxylic acids is 1. The van der Waals surface area contributed by atoms with Crippen molar-refractivity contribution < 1.29 is 41.7 Å². The van der Waals surface area contributed by atoms with Gasteiger partial charge in [-0.2, -0.15) is 18.2 Å². The maximum Gasteiger partial charge on any atom is 0.431 e. The third kappa shape index (κ3) is 5.37. The Balaban J connectivity index is 2.13. The second-order valence-corrected chi connectivity index (χ2v) is 7.13. The fraction of sp³-hybridized carbons (Fsp3) is 0.200. The van der Waals surface area contributed by atoms with Gasteiger partial charge in [0.15, 0.2) is 12.4 Å². The molecule has 2 heterocycles. The Morgan fingerprint density at radius 1 is 1.17 bits per heavy atom. The lowest BCUT2D eigenvalue weighted by molar-refractivity contribution is -0.144. The molecule has 0 aliphatic rings. The van der Waals surface area contributed by atoms with Gasteiger partial charge in [-0.25, -0.2) is 18.5 Å². The lowest BCUT2D eigenvalue weighted by atomic mass is 10.2. The Hall–Kier alpha value is -4.07. The molecule has 0 amide bonds. The molecule has 0 spiro atoms. The van der Waals surface area contributed by atoms with Crippen molar-refractivity contribution in [2.45, 2.75) is 6.18 Å². The van der Waals surface area contributed by atoms with Crippen molar-refractivity contribution in [2.75, 3.05) is 13.7 Å². The molecule has 1 N–H and O–H groups in total. The lowest BCUT2D eigenvalue weighted by Gasteiger charge is -2.16. The molecule has 0 aliphatic carbocycles. The molecular formula is C20H14ClF4N3O7. The Labute approximate surface area is 197 Å². The average Bonchev–Trinajstić information content (AvgIpc) is 2.77. The van der Waals surface area contributed by atoms with Gasteiger partial charge in [-0.15, -0.1) is 0 Å². The van der Waals surface area contributed by atoms with E-state index < -0.39 is 47.2 Å². The standard InChI is InChI=1S/C20H14ClF4N3O7/c1-27-14(20(23,24)25)7-16(29)28(19(27)32)11-6-13(9(21)5-10(11)22)35-12-3-4-15(33-2)26-18(12)34-8-17(30)31/h3-7H,8H2,1-2H3,(H,30,31). The molecule has 15 heteroatoms. The predicted octanol–water partition coefficient (Wildman–Crippen LogP) is 3.01. The van der Waals surface area contributed by atoms with Crippen molar-refractivity contribution in [3.05, 3.63) is 67.7 Å². The molecule has 0 bridgehead atoms. The van der Waals surface area contributed by atoms with Crippen LogP contribution in [0.15, 0.2) is 39.9 Å². The van der Waals surface area contributed by atoms with Gasteiger partial charge < -0.3 is 19.3 Å². The number of carbonyl (C=O) groups is 1. The summed E-state index contributed by atoms with van der Waals surface area (Å²) >= 11 is 6.01. The van der Waals surface area contributed by atoms with Gasteiger partial charge in [0.25, 0.3) is 11.4 Å². The number of aromatic nitrogens is 3. The summed E-state index contributed by atoms with van der Waals surface area (Å²) in [6.07, 6.45) is -5.01. The summed E-state index contributed by atoms with van der Waals surface area (Å²) < 4.78 is 69.8. The summed E-state index contributed by atoms with van der Waals surface area (Å²) in [6, 6.07) is 4.19. The van der Waals surface area contributed by atoms with Crippen molar-refractivity contribution in [2.24, 2.45) is 7.05 Å². The Bertz CT molecular complexity index is 1420. The minimum Gasteiger partial charge on any atom is -0.481 e. The summed E-state index contributed by atoms with van der Waals surface area (Å²) in [6.45, 7) is -0.810. The van der Waals surface area contributed by atoms with E-state index in [0.717, 1.165) is 13.1 Å². The highest BCUT2D eigenvalue weighted by molar-refractivity contribution is 6.32. The molecule has 0 unspecified atom stereocenters. The van der Waals surface area contributed by atoms with E-state index in [-0.39, 0.29) is 43.5 Å². The van der Waals surface area contributed by atoms with Gasteiger partial charge in [0.2, 0.25) is 5.88 Å². The van der Waals surface area contributed by atoms with Crippen LogP contribution < -0.4 is 25.5 Å². The molecule has 35 heavy (non-hydrogen) atoms. The maximum absolute atomic E-state index is 14.7. The zero-order valence-electron chi connectivity index (χ0n) is 17.7. The molecule has 2 aromatic heterocycles. The minimum absolute atomic E-state index is 0.0310. The highest BCUT2D eigenvalue weighted by Gasteiger charge is 2.35. The smallest absolute Gasteiger partial charge is 0.431 e. The number of ether oxygens (including phenoxy) is 3. The van der Waals surface area contributed by atoms with Crippen LogP contribution in [-0.2, 0) is 18.0 Å². The number of hydrogen-bond acceptors (Lipinski definition) is 7. The summed E-state index contributed by atoms with van der Waals surface area (Å²) in [5.41, 5.74) is -5.21. The molecule has 0 saturated heterocycles. The highest BCUT2D eigenvalue weighted by atomic mass is 35.5. The van der Waals surface area contributed by atoms with E-state index >= 15 is 0 Å². The monoisotopic (exact) mass is 519 g/mol. The fourth-order valence-corrected chi connectivity index (χ4v) is 3.03. The number of pyridine rings is 1. The van der Waals surface area contributed by atoms with Gasteiger partial charge in [-0.1, -0.05) is 11.6 Å². The van der Waals surface area contributed by atoms with Crippen molar-refractivity contribution >= 4 is 17.6 Å². The van der Waals surface area contributed by atoms with Crippen LogP contribution in [0.2, 0.25) is 5.02 Å². The van der Waals surface area contributed by atoms with Crippen molar-refractivity contribution in [3.8, 4) is 28.9 Å². The van der Waals surface area contributed by atoms with Gasteiger partial charge in [-0.05, 0) is 12.1 Å². The van der Waals surface area contributed by atoms with E-state index in [4.69, 9.17) is 30.9 Å². The van der Waals surface area contributed by atoms with Gasteiger partial charge in [0.1, 0.15) is 17.3 Å². The molecular weight excluding hydrogens is 506 g/mol. The summed E-state index contributed by atoms with van der Waals surface area (Å²) in [5.74, 6) is -3.43. The van der Waals surface area contributed by atoms with Gasteiger partial charge >= 0.3 is 17.8 Å². The number of alkyl halides is 3. The predicted molar refractivity (Wildman–Crippen MR) is 111 cm³/mol. The van der Waals surface area contributed by atoms with E-state index in [9.17, 15) is 31.9 Å². The summed E-state index contributed by atoms with van der Waals surface area (Å²) in [7, 11) is 2.05. The van der Waals surface area contributed by atoms with E-state index in [1.54, 1.807) is 0 Å². The van der Waals surface area contributed by atoms with E-state index in [0.29, 0.717) is 6.07 Å². The quantitative estimate of drug-likeness (QED) is 0.473. The number of carboxylic acid groups (broad SMARTS) is 1. The molecule has 0 atom stereocenters. The van der Waals surface area contributed by atoms with Crippen LogP contribution in [0.1, 0.15) is 5.69 Å². The molecule has 1 aromatic carbocycles. The molecule has 186 valence electrons. The second-order valence-electron chi connectivity index (χ2n) is 6.72. The van der Waals surface area contributed by atoms with Crippen LogP contribution in [0.3, 0.4) is 0 Å². The Kier molecular flexibility index (Phi) is 7.05. The van der Waals surface area contributed by atoms with Gasteiger partial charge in [0.05, 0.1) is 17.8 Å². The zero-order valence-corrected chi connectivity index (χ0v) is 18.5. The van der Waals surface area contributed by atoms with Crippen molar-refractivity contribution in [1.82, 2.24) is 14.1 Å². The first-order valence-corrected chi connectivity index (χ1v) is 9.68. The van der Waals surface area contributed by atoms with Crippen LogP contribution in [0, 0.1) is 5.82 Å². The molecule has 3 rings (SSSR count). The summed E-state index contributed by atoms with van der Waals surface area (Å²) in [4.78, 5) is 39.6. The topological polar surface area (TPSA) is 122 Å². The molecule has 0 aliphatic heterocycles. The lowest BCUT2D eigenvalue weighted by Crippen LogP contribution is -2.41. The normalized spacial score (nSPS) is 11.3. The number of nitrogens with zero attached hydrogens (tertiary/aromatic N) is 3. The zero-order chi connectivity index (χ0) is 26.1. The molecule has 3 aromatic rings. The number of carboxylic acids is 1. The minimum atomic E-state index is -5.01. The molecule has 0 saturated carbocycles. The SMILES string of the molecule is COc1ccc(Oc2cc(-n3c(=O)cc(C(F)(F)F)n(C)c3=O)c(F)cc2Cl)c(OCC(=O)O)n1. The van der Waals surface area contributed by atoms with Gasteiger partial charge in [-0.3, -0.25) is 9.36 Å². The van der Waals surface area contributed by atoms with Crippen molar-refractivity contribution in [3.63, 3.8) is 0 Å². The Morgan fingerprint density at radius 3 is 2.46 bits per heavy atom. The first kappa shape index (κ1) is 25.6. The maximum atomic E-state index is 14.7. The highest BCUT2D eigenvalue weighted by Crippen LogP contribution is 2.37. The largest absolute Gasteiger partial charge is 0.481 e. The van der Waals surface area contributed by atoms with Crippen LogP contribution >= 0.6 is 11.6 Å². The van der Waals surface area contributed by atoms with E-state index in [1.807, 2.05) is 0 Å². The third-order valence-corrected chi connectivity index (χ3v) is 4.71. The first-order chi connectivity index (χ1) is 16.3. The number of halogens is 5. The first-order valence-electron chi connectivity index (χ1n) is 9.30. The van der Waals surface area contributed by atoms with Gasteiger partial charge in [0, 0.05) is 25.2 Å². The average molecular weight is 520 g/mol. The van der Waals surface area contributed by atoms with E-state index in [2.05, 4.69) is 4.98 Å². The Morgan fingerprint density at radius 2 is 1.86 bits per heavy atom. The van der Waals surface area contributed by atoms with Crippen molar-refractivity contribution in [1.29, 1.82) is 0 Å². The van der Waals surface area contributed by atoms with Crippen LogP contribution in [0.4, 0.5) is 17.6 Å². The molecule has 10 nitrogen and oxygen atoms in total. The third-order valence-electron chi connectivity index (χ3n) is 4.41. The molecule has 0 radical (unpaired) electrons. The summed E-state index contributed by atoms with van der Waals surface area (Å²) in [5, 5.41) is 8.48. The fourth-order valence-electron chi connectivity index (χ4n) is 2.84. The van der Waals surface area contributed by atoms with E-state index in [1.165, 1.54) is 19.2 Å².